The molecule has 0 unspecified atom stereocenters. The molecule has 0 radical (unpaired) electrons. The molecule has 0 aliphatic heterocycles. The summed E-state index contributed by atoms with van der Waals surface area (Å²) < 4.78 is 5.88. The van der Waals surface area contributed by atoms with Gasteiger partial charge in [-0.1, -0.05) is 42.5 Å². The second-order valence-corrected chi connectivity index (χ2v) is 4.90. The number of aryl methyl sites for hydroxylation is 1. The van der Waals surface area contributed by atoms with Crippen LogP contribution in [0.15, 0.2) is 36.4 Å². The number of hydrogen-bond donors (Lipinski definition) is 0. The van der Waals surface area contributed by atoms with Gasteiger partial charge in [0, 0.05) is 11.3 Å². The van der Waals surface area contributed by atoms with E-state index >= 15 is 0 Å². The smallest absolute Gasteiger partial charge is 0.217 e. The Hall–Kier alpha value is -2.09. The van der Waals surface area contributed by atoms with Crippen molar-refractivity contribution in [2.24, 2.45) is 0 Å². The minimum atomic E-state index is 0.566. The Labute approximate surface area is 113 Å². The van der Waals surface area contributed by atoms with Gasteiger partial charge in [0.1, 0.15) is 6.61 Å². The number of pyridine rings is 1. The molecule has 2 aromatic rings. The summed E-state index contributed by atoms with van der Waals surface area (Å²) in [6.45, 7) is 4.71. The van der Waals surface area contributed by atoms with Gasteiger partial charge < -0.3 is 4.74 Å². The number of aromatic nitrogens is 1. The van der Waals surface area contributed by atoms with E-state index in [1.165, 1.54) is 11.1 Å². The van der Waals surface area contributed by atoms with E-state index < -0.39 is 0 Å². The van der Waals surface area contributed by atoms with Crippen LogP contribution in [0.4, 0.5) is 0 Å². The van der Waals surface area contributed by atoms with Crippen molar-refractivity contribution in [1.29, 1.82) is 0 Å². The van der Waals surface area contributed by atoms with Crippen LogP contribution in [0.25, 0.3) is 6.08 Å². The Morgan fingerprint density at radius 3 is 2.74 bits per heavy atom. The third-order valence-electron chi connectivity index (χ3n) is 3.58. The van der Waals surface area contributed by atoms with E-state index in [2.05, 4.69) is 43.1 Å². The van der Waals surface area contributed by atoms with Crippen molar-refractivity contribution in [3.8, 4) is 5.88 Å². The maximum Gasteiger partial charge on any atom is 0.217 e. The van der Waals surface area contributed by atoms with Crippen LogP contribution in [0.1, 0.15) is 27.9 Å². The lowest BCUT2D eigenvalue weighted by Gasteiger charge is -2.13. The Kier molecular flexibility index (Phi) is 3.08. The molecule has 1 aliphatic carbocycles. The highest BCUT2D eigenvalue weighted by atomic mass is 16.5. The summed E-state index contributed by atoms with van der Waals surface area (Å²) in [4.78, 5) is 4.60. The predicted molar refractivity (Wildman–Crippen MR) is 77.2 cm³/mol. The molecule has 1 aliphatic rings. The van der Waals surface area contributed by atoms with E-state index in [0.717, 1.165) is 29.1 Å². The van der Waals surface area contributed by atoms with Gasteiger partial charge in [-0.15, -0.1) is 0 Å². The third kappa shape index (κ3) is 2.26. The lowest BCUT2D eigenvalue weighted by atomic mass is 10.0. The van der Waals surface area contributed by atoms with E-state index in [-0.39, 0.29) is 0 Å². The monoisotopic (exact) mass is 251 g/mol. The van der Waals surface area contributed by atoms with Gasteiger partial charge >= 0.3 is 0 Å². The van der Waals surface area contributed by atoms with Crippen molar-refractivity contribution in [2.75, 3.05) is 0 Å². The SMILES string of the molecule is Cc1nc(OCc2ccccc2)c(C)c2c1CC=C2. The van der Waals surface area contributed by atoms with Crippen LogP contribution in [-0.4, -0.2) is 4.98 Å². The molecule has 2 heteroatoms. The topological polar surface area (TPSA) is 22.1 Å². The van der Waals surface area contributed by atoms with Gasteiger partial charge in [0.25, 0.3) is 0 Å². The number of ether oxygens (including phenoxy) is 1. The molecular weight excluding hydrogens is 234 g/mol. The van der Waals surface area contributed by atoms with Crippen molar-refractivity contribution >= 4 is 6.08 Å². The average molecular weight is 251 g/mol. The number of benzene rings is 1. The fourth-order valence-corrected chi connectivity index (χ4v) is 2.48. The second kappa shape index (κ2) is 4.88. The third-order valence-corrected chi connectivity index (χ3v) is 3.58. The lowest BCUT2D eigenvalue weighted by molar-refractivity contribution is 0.291. The molecule has 0 amide bonds. The zero-order chi connectivity index (χ0) is 13.2. The summed E-state index contributed by atoms with van der Waals surface area (Å²) >= 11 is 0. The largest absolute Gasteiger partial charge is 0.473 e. The molecule has 2 nitrogen and oxygen atoms in total. The molecule has 0 atom stereocenters. The van der Waals surface area contributed by atoms with Crippen molar-refractivity contribution in [2.45, 2.75) is 26.9 Å². The van der Waals surface area contributed by atoms with E-state index in [0.29, 0.717) is 6.61 Å². The minimum absolute atomic E-state index is 0.566. The van der Waals surface area contributed by atoms with Crippen LogP contribution < -0.4 is 4.74 Å². The van der Waals surface area contributed by atoms with Gasteiger partial charge in [-0.3, -0.25) is 0 Å². The normalized spacial score (nSPS) is 12.5. The molecule has 1 heterocycles. The summed E-state index contributed by atoms with van der Waals surface area (Å²) in [5.41, 5.74) is 6.01. The molecule has 19 heavy (non-hydrogen) atoms. The first kappa shape index (κ1) is 12.0. The number of nitrogens with zero attached hydrogens (tertiary/aromatic N) is 1. The van der Waals surface area contributed by atoms with Gasteiger partial charge in [0.05, 0.1) is 0 Å². The summed E-state index contributed by atoms with van der Waals surface area (Å²) in [5, 5.41) is 0. The molecule has 96 valence electrons. The van der Waals surface area contributed by atoms with Crippen molar-refractivity contribution in [3.05, 3.63) is 64.4 Å². The van der Waals surface area contributed by atoms with Gasteiger partial charge in [-0.25, -0.2) is 4.98 Å². The summed E-state index contributed by atoms with van der Waals surface area (Å²) in [7, 11) is 0. The summed E-state index contributed by atoms with van der Waals surface area (Å²) in [5.74, 6) is 0.756. The van der Waals surface area contributed by atoms with Crippen LogP contribution in [0.2, 0.25) is 0 Å². The fourth-order valence-electron chi connectivity index (χ4n) is 2.48. The van der Waals surface area contributed by atoms with E-state index in [9.17, 15) is 0 Å². The number of hydrogen-bond acceptors (Lipinski definition) is 2. The maximum absolute atomic E-state index is 5.88. The van der Waals surface area contributed by atoms with Gasteiger partial charge in [-0.2, -0.15) is 0 Å². The Morgan fingerprint density at radius 2 is 1.95 bits per heavy atom. The van der Waals surface area contributed by atoms with E-state index in [1.807, 2.05) is 18.2 Å². The van der Waals surface area contributed by atoms with Crippen LogP contribution >= 0.6 is 0 Å². The first-order valence-corrected chi connectivity index (χ1v) is 6.59. The van der Waals surface area contributed by atoms with Crippen molar-refractivity contribution in [1.82, 2.24) is 4.98 Å². The average Bonchev–Trinajstić information content (AvgIpc) is 2.92. The Balaban J connectivity index is 1.86. The highest BCUT2D eigenvalue weighted by Gasteiger charge is 2.16. The van der Waals surface area contributed by atoms with Gasteiger partial charge in [-0.05, 0) is 37.0 Å². The Morgan fingerprint density at radius 1 is 1.16 bits per heavy atom. The van der Waals surface area contributed by atoms with Crippen molar-refractivity contribution in [3.63, 3.8) is 0 Å². The van der Waals surface area contributed by atoms with Crippen LogP contribution in [-0.2, 0) is 13.0 Å². The fraction of sp³-hybridized carbons (Fsp3) is 0.235. The molecule has 0 saturated carbocycles. The standard InChI is InChI=1S/C17H17NO/c1-12-15-9-6-10-16(15)13(2)18-17(12)19-11-14-7-4-3-5-8-14/h3-9H,10-11H2,1-2H3. The molecule has 1 aromatic carbocycles. The van der Waals surface area contributed by atoms with E-state index in [4.69, 9.17) is 4.74 Å². The highest BCUT2D eigenvalue weighted by molar-refractivity contribution is 5.65. The number of fused-ring (bicyclic) bond motifs is 1. The van der Waals surface area contributed by atoms with Crippen molar-refractivity contribution < 1.29 is 4.74 Å². The molecule has 0 N–H and O–H groups in total. The minimum Gasteiger partial charge on any atom is -0.473 e. The number of allylic oxidation sites excluding steroid dienone is 1. The van der Waals surface area contributed by atoms with Gasteiger partial charge in [0.2, 0.25) is 5.88 Å². The van der Waals surface area contributed by atoms with Crippen LogP contribution in [0, 0.1) is 13.8 Å². The molecule has 0 bridgehead atoms. The summed E-state index contributed by atoms with van der Waals surface area (Å²) in [6.07, 6.45) is 5.36. The van der Waals surface area contributed by atoms with E-state index in [1.54, 1.807) is 0 Å². The second-order valence-electron chi connectivity index (χ2n) is 4.90. The summed E-state index contributed by atoms with van der Waals surface area (Å²) in [6, 6.07) is 10.2. The van der Waals surface area contributed by atoms with Gasteiger partial charge in [0.15, 0.2) is 0 Å². The van der Waals surface area contributed by atoms with Crippen LogP contribution in [0.5, 0.6) is 5.88 Å². The molecule has 1 aromatic heterocycles. The quantitative estimate of drug-likeness (QED) is 0.826. The molecule has 0 saturated heterocycles. The molecule has 3 rings (SSSR count). The first-order valence-electron chi connectivity index (χ1n) is 6.59. The number of rotatable bonds is 3. The first-order chi connectivity index (χ1) is 9.25. The molecule has 0 fully saturated rings. The molecule has 0 spiro atoms. The zero-order valence-corrected chi connectivity index (χ0v) is 11.3. The highest BCUT2D eigenvalue weighted by Crippen LogP contribution is 2.30. The Bertz CT molecular complexity index is 629. The maximum atomic E-state index is 5.88. The predicted octanol–water partition coefficient (Wildman–Crippen LogP) is 3.85. The zero-order valence-electron chi connectivity index (χ0n) is 11.3. The van der Waals surface area contributed by atoms with Crippen LogP contribution in [0.3, 0.4) is 0 Å². The lowest BCUT2D eigenvalue weighted by Crippen LogP contribution is -2.03. The molecular formula is C17H17NO.